The first kappa shape index (κ1) is 16.5. The molecule has 2 aliphatic rings. The number of allylic oxidation sites excluding steroid dienone is 3. The zero-order chi connectivity index (χ0) is 15.8. The molecule has 21 heavy (non-hydrogen) atoms. The summed E-state index contributed by atoms with van der Waals surface area (Å²) in [5, 5.41) is 1.50. The van der Waals surface area contributed by atoms with Gasteiger partial charge in [0.15, 0.2) is 8.32 Å². The molecule has 5 heteroatoms. The van der Waals surface area contributed by atoms with Crippen molar-refractivity contribution in [1.82, 2.24) is 5.01 Å². The van der Waals surface area contributed by atoms with Crippen LogP contribution >= 0.6 is 0 Å². The molecule has 0 aromatic carbocycles. The minimum Gasteiger partial charge on any atom is -0.405 e. The minimum atomic E-state index is -1.96. The highest BCUT2D eigenvalue weighted by atomic mass is 28.4. The Morgan fingerprint density at radius 2 is 2.00 bits per heavy atom. The van der Waals surface area contributed by atoms with Crippen molar-refractivity contribution in [2.75, 3.05) is 0 Å². The van der Waals surface area contributed by atoms with Crippen molar-refractivity contribution in [3.8, 4) is 0 Å². The molecular weight excluding hydrogens is 280 g/mol. The average molecular weight is 308 g/mol. The van der Waals surface area contributed by atoms with E-state index in [2.05, 4.69) is 46.0 Å². The van der Waals surface area contributed by atoms with E-state index in [0.29, 0.717) is 12.3 Å². The second kappa shape index (κ2) is 5.70. The van der Waals surface area contributed by atoms with Crippen LogP contribution in [0.4, 0.5) is 0 Å². The summed E-state index contributed by atoms with van der Waals surface area (Å²) in [7, 11) is -1.96. The van der Waals surface area contributed by atoms with Gasteiger partial charge in [-0.25, -0.2) is 5.84 Å². The summed E-state index contributed by atoms with van der Waals surface area (Å²) in [6.07, 6.45) is 9.61. The van der Waals surface area contributed by atoms with Gasteiger partial charge in [0.1, 0.15) is 6.10 Å². The van der Waals surface area contributed by atoms with Crippen molar-refractivity contribution in [3.05, 3.63) is 24.3 Å². The van der Waals surface area contributed by atoms with Crippen molar-refractivity contribution < 1.29 is 9.22 Å². The highest BCUT2D eigenvalue weighted by Gasteiger charge is 2.47. The van der Waals surface area contributed by atoms with Crippen LogP contribution in [0, 0.1) is 5.92 Å². The van der Waals surface area contributed by atoms with Gasteiger partial charge in [-0.3, -0.25) is 9.80 Å². The van der Waals surface area contributed by atoms with Gasteiger partial charge in [0, 0.05) is 12.3 Å². The van der Waals surface area contributed by atoms with Crippen LogP contribution in [-0.2, 0) is 9.22 Å². The molecule has 118 valence electrons. The first-order valence-electron chi connectivity index (χ1n) is 7.72. The third-order valence-corrected chi connectivity index (χ3v) is 9.58. The Labute approximate surface area is 129 Å². The van der Waals surface area contributed by atoms with Gasteiger partial charge in [0.2, 0.25) is 0 Å². The van der Waals surface area contributed by atoms with Crippen LogP contribution < -0.4 is 5.84 Å². The molecule has 1 amide bonds. The van der Waals surface area contributed by atoms with E-state index < -0.39 is 8.32 Å². The molecule has 1 fully saturated rings. The molecule has 1 heterocycles. The van der Waals surface area contributed by atoms with E-state index in [1.165, 1.54) is 5.01 Å². The molecule has 0 aromatic rings. The number of nitrogens with zero attached hydrogens (tertiary/aromatic N) is 1. The average Bonchev–Trinajstić information content (AvgIpc) is 2.66. The van der Waals surface area contributed by atoms with Crippen LogP contribution in [0.1, 0.15) is 33.6 Å². The summed E-state index contributed by atoms with van der Waals surface area (Å²) < 4.78 is 6.29. The Morgan fingerprint density at radius 1 is 1.33 bits per heavy atom. The summed E-state index contributed by atoms with van der Waals surface area (Å²) in [4.78, 5) is 12.4. The molecule has 1 saturated heterocycles. The van der Waals surface area contributed by atoms with Crippen molar-refractivity contribution in [2.24, 2.45) is 11.8 Å². The SMILES string of the molecule is CC(C)(C)[Si](C)(C)O[C@H]1CC([C@H]2C=CC=CC2)N(N)C1=O. The van der Waals surface area contributed by atoms with Gasteiger partial charge >= 0.3 is 0 Å². The fraction of sp³-hybridized carbons (Fsp3) is 0.688. The molecule has 2 rings (SSSR count). The fourth-order valence-electron chi connectivity index (χ4n) is 2.66. The molecule has 1 unspecified atom stereocenters. The van der Waals surface area contributed by atoms with Crippen LogP contribution in [0.25, 0.3) is 0 Å². The van der Waals surface area contributed by atoms with Crippen LogP contribution in [0.3, 0.4) is 0 Å². The first-order chi connectivity index (χ1) is 9.63. The van der Waals surface area contributed by atoms with Crippen molar-refractivity contribution in [2.45, 2.75) is 63.9 Å². The molecule has 4 nitrogen and oxygen atoms in total. The van der Waals surface area contributed by atoms with Crippen LogP contribution in [0.2, 0.25) is 18.1 Å². The highest BCUT2D eigenvalue weighted by Crippen LogP contribution is 2.39. The van der Waals surface area contributed by atoms with E-state index in [9.17, 15) is 4.79 Å². The number of hydrazine groups is 1. The van der Waals surface area contributed by atoms with Crippen molar-refractivity contribution >= 4 is 14.2 Å². The van der Waals surface area contributed by atoms with E-state index in [1.54, 1.807) is 0 Å². The van der Waals surface area contributed by atoms with Crippen LogP contribution in [-0.4, -0.2) is 31.4 Å². The van der Waals surface area contributed by atoms with Gasteiger partial charge in [0.05, 0.1) is 6.04 Å². The maximum atomic E-state index is 12.4. The molecule has 0 bridgehead atoms. The van der Waals surface area contributed by atoms with E-state index in [4.69, 9.17) is 10.3 Å². The number of nitrogens with two attached hydrogens (primary N) is 1. The Balaban J connectivity index is 2.08. The molecule has 0 spiro atoms. The number of hydrogen-bond donors (Lipinski definition) is 1. The van der Waals surface area contributed by atoms with E-state index in [1.807, 2.05) is 12.2 Å². The summed E-state index contributed by atoms with van der Waals surface area (Å²) in [6.45, 7) is 10.9. The monoisotopic (exact) mass is 308 g/mol. The number of amides is 1. The zero-order valence-corrected chi connectivity index (χ0v) is 14.8. The maximum absolute atomic E-state index is 12.4. The number of carbonyl (C=O) groups excluding carboxylic acids is 1. The number of rotatable bonds is 3. The fourth-order valence-corrected chi connectivity index (χ4v) is 3.92. The van der Waals surface area contributed by atoms with Crippen molar-refractivity contribution in [1.29, 1.82) is 0 Å². The zero-order valence-electron chi connectivity index (χ0n) is 13.8. The van der Waals surface area contributed by atoms with Crippen LogP contribution in [0.15, 0.2) is 24.3 Å². The predicted octanol–water partition coefficient (Wildman–Crippen LogP) is 2.98. The Bertz CT molecular complexity index is 465. The second-order valence-corrected chi connectivity index (χ2v) is 12.4. The normalized spacial score (nSPS) is 30.3. The lowest BCUT2D eigenvalue weighted by atomic mass is 9.91. The third-order valence-electron chi connectivity index (χ3n) is 5.09. The molecule has 1 aliphatic carbocycles. The second-order valence-electron chi connectivity index (χ2n) is 7.63. The Kier molecular flexibility index (Phi) is 4.47. The van der Waals surface area contributed by atoms with Gasteiger partial charge < -0.3 is 4.43 Å². The lowest BCUT2D eigenvalue weighted by Gasteiger charge is -2.37. The predicted molar refractivity (Wildman–Crippen MR) is 87.9 cm³/mol. The largest absolute Gasteiger partial charge is 0.405 e. The first-order valence-corrected chi connectivity index (χ1v) is 10.6. The lowest BCUT2D eigenvalue weighted by molar-refractivity contribution is -0.135. The number of hydrogen-bond acceptors (Lipinski definition) is 3. The highest BCUT2D eigenvalue weighted by molar-refractivity contribution is 6.74. The molecule has 0 radical (unpaired) electrons. The molecule has 0 aromatic heterocycles. The van der Waals surface area contributed by atoms with E-state index >= 15 is 0 Å². The molecule has 0 saturated carbocycles. The molecule has 1 aliphatic heterocycles. The van der Waals surface area contributed by atoms with Gasteiger partial charge in [-0.2, -0.15) is 0 Å². The summed E-state index contributed by atoms with van der Waals surface area (Å²) in [5.41, 5.74) is 0. The maximum Gasteiger partial charge on any atom is 0.264 e. The van der Waals surface area contributed by atoms with Gasteiger partial charge in [-0.05, 0) is 24.6 Å². The van der Waals surface area contributed by atoms with Gasteiger partial charge in [-0.1, -0.05) is 45.1 Å². The van der Waals surface area contributed by atoms with Crippen molar-refractivity contribution in [3.63, 3.8) is 0 Å². The number of carbonyl (C=O) groups is 1. The Morgan fingerprint density at radius 3 is 2.52 bits per heavy atom. The lowest BCUT2D eigenvalue weighted by Crippen LogP contribution is -2.47. The standard InChI is InChI=1S/C16H28N2O2Si/c1-16(2,3)21(4,5)20-14-11-13(18(17)15(14)19)12-9-7-6-8-10-12/h6-9,12-14H,10-11,17H2,1-5H3/t12-,13?,14-/m0/s1. The summed E-state index contributed by atoms with van der Waals surface area (Å²) >= 11 is 0. The quantitative estimate of drug-likeness (QED) is 0.495. The van der Waals surface area contributed by atoms with E-state index in [-0.39, 0.29) is 23.1 Å². The third kappa shape index (κ3) is 3.30. The molecule has 2 N–H and O–H groups in total. The van der Waals surface area contributed by atoms with Crippen LogP contribution in [0.5, 0.6) is 0 Å². The van der Waals surface area contributed by atoms with Gasteiger partial charge in [0.25, 0.3) is 5.91 Å². The molecule has 3 atom stereocenters. The Hall–Kier alpha value is -0.913. The van der Waals surface area contributed by atoms with E-state index in [0.717, 1.165) is 6.42 Å². The summed E-state index contributed by atoms with van der Waals surface area (Å²) in [6, 6.07) is 0.0495. The minimum absolute atomic E-state index is 0.0495. The summed E-state index contributed by atoms with van der Waals surface area (Å²) in [5.74, 6) is 6.27. The topological polar surface area (TPSA) is 55.6 Å². The van der Waals surface area contributed by atoms with Gasteiger partial charge in [-0.15, -0.1) is 0 Å². The smallest absolute Gasteiger partial charge is 0.264 e. The molecular formula is C16H28N2O2Si.